The van der Waals surface area contributed by atoms with Gasteiger partial charge in [0.15, 0.2) is 5.76 Å². The molecule has 6 heteroatoms. The Morgan fingerprint density at radius 1 is 1.16 bits per heavy atom. The van der Waals surface area contributed by atoms with Crippen LogP contribution in [0.4, 0.5) is 0 Å². The van der Waals surface area contributed by atoms with E-state index >= 15 is 0 Å². The molecule has 0 bridgehead atoms. The molecule has 19 heavy (non-hydrogen) atoms. The van der Waals surface area contributed by atoms with Gasteiger partial charge in [0.25, 0.3) is 11.8 Å². The minimum absolute atomic E-state index is 0.120. The van der Waals surface area contributed by atoms with Gasteiger partial charge in [-0.1, -0.05) is 0 Å². The van der Waals surface area contributed by atoms with Crippen molar-refractivity contribution in [2.75, 3.05) is 13.1 Å². The average molecular weight is 278 g/mol. The molecule has 0 fully saturated rings. The van der Waals surface area contributed by atoms with E-state index in [1.807, 2.05) is 13.0 Å². The van der Waals surface area contributed by atoms with Crippen molar-refractivity contribution in [3.8, 4) is 0 Å². The Morgan fingerprint density at radius 3 is 2.47 bits per heavy atom. The maximum atomic E-state index is 11.7. The molecule has 0 saturated carbocycles. The molecule has 2 amide bonds. The summed E-state index contributed by atoms with van der Waals surface area (Å²) in [6.45, 7) is 2.68. The van der Waals surface area contributed by atoms with Gasteiger partial charge in [-0.15, -0.1) is 11.3 Å². The lowest BCUT2D eigenvalue weighted by Gasteiger charge is -2.04. The summed E-state index contributed by atoms with van der Waals surface area (Å²) in [6, 6.07) is 6.92. The molecular weight excluding hydrogens is 264 g/mol. The van der Waals surface area contributed by atoms with Gasteiger partial charge in [0.05, 0.1) is 11.1 Å². The summed E-state index contributed by atoms with van der Waals surface area (Å²) < 4.78 is 4.95. The first-order valence-electron chi connectivity index (χ1n) is 5.83. The zero-order valence-electron chi connectivity index (χ0n) is 10.4. The molecule has 0 atom stereocenters. The topological polar surface area (TPSA) is 71.3 Å². The number of hydrogen-bond donors (Lipinski definition) is 2. The van der Waals surface area contributed by atoms with Crippen LogP contribution in [0.15, 0.2) is 34.9 Å². The molecule has 0 aromatic carbocycles. The second-order valence-electron chi connectivity index (χ2n) is 3.90. The highest BCUT2D eigenvalue weighted by Crippen LogP contribution is 2.14. The van der Waals surface area contributed by atoms with E-state index in [1.165, 1.54) is 17.6 Å². The lowest BCUT2D eigenvalue weighted by Crippen LogP contribution is -2.34. The zero-order valence-corrected chi connectivity index (χ0v) is 11.3. The Balaban J connectivity index is 1.70. The normalized spacial score (nSPS) is 10.2. The standard InChI is InChI=1S/C13H14N2O3S/c1-9-4-5-11(19-9)13(17)15-7-6-14-12(16)10-3-2-8-18-10/h2-5,8H,6-7H2,1H3,(H,14,16)(H,15,17). The van der Waals surface area contributed by atoms with Crippen molar-refractivity contribution in [3.63, 3.8) is 0 Å². The third kappa shape index (κ3) is 3.69. The van der Waals surface area contributed by atoms with E-state index in [-0.39, 0.29) is 17.6 Å². The molecule has 0 spiro atoms. The van der Waals surface area contributed by atoms with Crippen LogP contribution in [0.5, 0.6) is 0 Å². The molecule has 2 aromatic heterocycles. The van der Waals surface area contributed by atoms with E-state index < -0.39 is 0 Å². The maximum absolute atomic E-state index is 11.7. The lowest BCUT2D eigenvalue weighted by atomic mass is 10.4. The Bertz CT molecular complexity index is 560. The molecule has 100 valence electrons. The molecule has 2 aromatic rings. The SMILES string of the molecule is Cc1ccc(C(=O)NCCNC(=O)c2ccco2)s1. The number of carbonyl (C=O) groups excluding carboxylic acids is 2. The van der Waals surface area contributed by atoms with Crippen LogP contribution in [0.3, 0.4) is 0 Å². The van der Waals surface area contributed by atoms with E-state index in [4.69, 9.17) is 4.42 Å². The Hall–Kier alpha value is -2.08. The summed E-state index contributed by atoms with van der Waals surface area (Å²) in [4.78, 5) is 25.0. The fourth-order valence-corrected chi connectivity index (χ4v) is 2.27. The van der Waals surface area contributed by atoms with Crippen molar-refractivity contribution < 1.29 is 14.0 Å². The molecule has 0 aliphatic rings. The van der Waals surface area contributed by atoms with Crippen LogP contribution in [0.1, 0.15) is 25.1 Å². The summed E-state index contributed by atoms with van der Waals surface area (Å²) in [7, 11) is 0. The fraction of sp³-hybridized carbons (Fsp3) is 0.231. The summed E-state index contributed by atoms with van der Waals surface area (Å²) >= 11 is 1.44. The van der Waals surface area contributed by atoms with E-state index in [1.54, 1.807) is 18.2 Å². The number of hydrogen-bond acceptors (Lipinski definition) is 4. The second-order valence-corrected chi connectivity index (χ2v) is 5.19. The monoisotopic (exact) mass is 278 g/mol. The summed E-state index contributed by atoms with van der Waals surface area (Å²) in [5, 5.41) is 5.39. The molecule has 0 unspecified atom stereocenters. The average Bonchev–Trinajstić information content (AvgIpc) is 3.04. The van der Waals surface area contributed by atoms with Gasteiger partial charge in [-0.05, 0) is 31.2 Å². The van der Waals surface area contributed by atoms with Crippen molar-refractivity contribution in [1.29, 1.82) is 0 Å². The quantitative estimate of drug-likeness (QED) is 0.819. The highest BCUT2D eigenvalue weighted by atomic mass is 32.1. The second kappa shape index (κ2) is 6.19. The van der Waals surface area contributed by atoms with Gasteiger partial charge >= 0.3 is 0 Å². The first-order valence-corrected chi connectivity index (χ1v) is 6.65. The molecule has 2 N–H and O–H groups in total. The predicted molar refractivity (Wildman–Crippen MR) is 72.4 cm³/mol. The van der Waals surface area contributed by atoms with Crippen LogP contribution >= 0.6 is 11.3 Å². The number of amides is 2. The third-order valence-electron chi connectivity index (χ3n) is 2.41. The fourth-order valence-electron chi connectivity index (χ4n) is 1.49. The van der Waals surface area contributed by atoms with Gasteiger partial charge in [-0.2, -0.15) is 0 Å². The number of rotatable bonds is 5. The van der Waals surface area contributed by atoms with Crippen molar-refractivity contribution >= 4 is 23.2 Å². The molecule has 5 nitrogen and oxygen atoms in total. The third-order valence-corrected chi connectivity index (χ3v) is 3.40. The van der Waals surface area contributed by atoms with E-state index in [0.29, 0.717) is 18.0 Å². The van der Waals surface area contributed by atoms with Crippen molar-refractivity contribution in [1.82, 2.24) is 10.6 Å². The van der Waals surface area contributed by atoms with Crippen LogP contribution in [0, 0.1) is 6.92 Å². The van der Waals surface area contributed by atoms with Gasteiger partial charge in [0.1, 0.15) is 0 Å². The van der Waals surface area contributed by atoms with Crippen LogP contribution in [-0.2, 0) is 0 Å². The van der Waals surface area contributed by atoms with E-state index in [9.17, 15) is 9.59 Å². The lowest BCUT2D eigenvalue weighted by molar-refractivity contribution is 0.0911. The van der Waals surface area contributed by atoms with Gasteiger partial charge in [-0.25, -0.2) is 0 Å². The van der Waals surface area contributed by atoms with Crippen LogP contribution in [-0.4, -0.2) is 24.9 Å². The molecule has 0 radical (unpaired) electrons. The molecule has 0 saturated heterocycles. The first kappa shape index (κ1) is 13.4. The maximum Gasteiger partial charge on any atom is 0.287 e. The Kier molecular flexibility index (Phi) is 4.35. The molecule has 2 heterocycles. The summed E-state index contributed by atoms with van der Waals surface area (Å²) in [6.07, 6.45) is 1.44. The number of carbonyl (C=O) groups is 2. The van der Waals surface area contributed by atoms with Gasteiger partial charge in [0, 0.05) is 18.0 Å². The Labute approximate surface area is 114 Å². The summed E-state index contributed by atoms with van der Waals surface area (Å²) in [5.41, 5.74) is 0. The van der Waals surface area contributed by atoms with Gasteiger partial charge < -0.3 is 15.1 Å². The largest absolute Gasteiger partial charge is 0.459 e. The zero-order chi connectivity index (χ0) is 13.7. The first-order chi connectivity index (χ1) is 9.16. The molecule has 0 aliphatic carbocycles. The minimum atomic E-state index is -0.286. The van der Waals surface area contributed by atoms with Crippen molar-refractivity contribution in [3.05, 3.63) is 46.0 Å². The van der Waals surface area contributed by atoms with Crippen LogP contribution in [0.25, 0.3) is 0 Å². The van der Waals surface area contributed by atoms with Crippen LogP contribution in [0.2, 0.25) is 0 Å². The van der Waals surface area contributed by atoms with E-state index in [2.05, 4.69) is 10.6 Å². The van der Waals surface area contributed by atoms with Gasteiger partial charge in [-0.3, -0.25) is 9.59 Å². The van der Waals surface area contributed by atoms with Crippen molar-refractivity contribution in [2.45, 2.75) is 6.92 Å². The predicted octanol–water partition coefficient (Wildman–Crippen LogP) is 1.81. The number of thiophene rings is 1. The Morgan fingerprint density at radius 2 is 1.89 bits per heavy atom. The smallest absolute Gasteiger partial charge is 0.287 e. The number of furan rings is 1. The van der Waals surface area contributed by atoms with Gasteiger partial charge in [0.2, 0.25) is 0 Å². The molecule has 0 aliphatic heterocycles. The van der Waals surface area contributed by atoms with E-state index in [0.717, 1.165) is 4.88 Å². The molecule has 2 rings (SSSR count). The van der Waals surface area contributed by atoms with Crippen LogP contribution < -0.4 is 10.6 Å². The number of aryl methyl sites for hydroxylation is 1. The highest BCUT2D eigenvalue weighted by molar-refractivity contribution is 7.13. The minimum Gasteiger partial charge on any atom is -0.459 e. The number of nitrogens with one attached hydrogen (secondary N) is 2. The highest BCUT2D eigenvalue weighted by Gasteiger charge is 2.09. The molecular formula is C13H14N2O3S. The van der Waals surface area contributed by atoms with Crippen molar-refractivity contribution in [2.24, 2.45) is 0 Å². The summed E-state index contributed by atoms with van der Waals surface area (Å²) in [5.74, 6) is -0.142.